The van der Waals surface area contributed by atoms with E-state index >= 15 is 0 Å². The normalized spacial score (nSPS) is 17.2. The van der Waals surface area contributed by atoms with Crippen molar-refractivity contribution in [2.75, 3.05) is 44.8 Å². The standard InChI is InChI=1S/C22H28N4O.HI/c1-23-22(26-11-10-20-4-2-3-5-21(20)26)24-16-18-6-8-19(9-7-18)17-25-12-14-27-15-13-25;/h2-9H,10-17H2,1H3,(H,23,24);1H. The van der Waals surface area contributed by atoms with Crippen molar-refractivity contribution in [2.45, 2.75) is 19.5 Å². The number of benzene rings is 2. The molecule has 0 amide bonds. The van der Waals surface area contributed by atoms with Gasteiger partial charge in [0.2, 0.25) is 0 Å². The molecule has 0 spiro atoms. The number of nitrogens with zero attached hydrogens (tertiary/aromatic N) is 3. The molecule has 2 aliphatic rings. The molecule has 0 radical (unpaired) electrons. The van der Waals surface area contributed by atoms with E-state index in [1.807, 2.05) is 7.05 Å². The first-order chi connectivity index (χ1) is 13.3. The Labute approximate surface area is 184 Å². The second-order valence-electron chi connectivity index (χ2n) is 7.14. The number of ether oxygens (including phenoxy) is 1. The largest absolute Gasteiger partial charge is 0.379 e. The molecule has 1 N–H and O–H groups in total. The van der Waals surface area contributed by atoms with Crippen LogP contribution in [0.15, 0.2) is 53.5 Å². The molecular formula is C22H29IN4O. The zero-order chi connectivity index (χ0) is 18.5. The molecule has 2 aliphatic heterocycles. The summed E-state index contributed by atoms with van der Waals surface area (Å²) >= 11 is 0. The van der Waals surface area contributed by atoms with Gasteiger partial charge in [0.1, 0.15) is 0 Å². The van der Waals surface area contributed by atoms with Crippen molar-refractivity contribution in [3.8, 4) is 0 Å². The fourth-order valence-electron chi connectivity index (χ4n) is 3.81. The van der Waals surface area contributed by atoms with Crippen molar-refractivity contribution < 1.29 is 4.74 Å². The Hall–Kier alpha value is -1.64. The lowest BCUT2D eigenvalue weighted by Crippen LogP contribution is -2.40. The lowest BCUT2D eigenvalue weighted by atomic mass is 10.1. The predicted octanol–water partition coefficient (Wildman–Crippen LogP) is 3.27. The summed E-state index contributed by atoms with van der Waals surface area (Å²) in [5.74, 6) is 0.942. The van der Waals surface area contributed by atoms with Crippen LogP contribution in [0.2, 0.25) is 0 Å². The van der Waals surface area contributed by atoms with Crippen molar-refractivity contribution in [1.29, 1.82) is 0 Å². The van der Waals surface area contributed by atoms with Crippen LogP contribution in [0.1, 0.15) is 16.7 Å². The molecule has 28 heavy (non-hydrogen) atoms. The Morgan fingerprint density at radius 1 is 1.00 bits per heavy atom. The Balaban J connectivity index is 0.00000225. The fraction of sp³-hybridized carbons (Fsp3) is 0.409. The Morgan fingerprint density at radius 2 is 1.71 bits per heavy atom. The lowest BCUT2D eigenvalue weighted by molar-refractivity contribution is 0.0342. The highest BCUT2D eigenvalue weighted by Crippen LogP contribution is 2.27. The number of morpholine rings is 1. The number of guanidine groups is 1. The molecule has 2 aromatic carbocycles. The molecule has 1 fully saturated rings. The highest BCUT2D eigenvalue weighted by atomic mass is 127. The van der Waals surface area contributed by atoms with Crippen LogP contribution in [-0.4, -0.2) is 50.8 Å². The summed E-state index contributed by atoms with van der Waals surface area (Å²) in [6.45, 7) is 6.51. The third-order valence-corrected chi connectivity index (χ3v) is 5.34. The van der Waals surface area contributed by atoms with Crippen LogP contribution < -0.4 is 10.2 Å². The van der Waals surface area contributed by atoms with E-state index in [4.69, 9.17) is 4.74 Å². The SMILES string of the molecule is CN=C(NCc1ccc(CN2CCOCC2)cc1)N1CCc2ccccc21.I. The minimum atomic E-state index is 0. The highest BCUT2D eigenvalue weighted by Gasteiger charge is 2.22. The summed E-state index contributed by atoms with van der Waals surface area (Å²) in [5.41, 5.74) is 5.30. The van der Waals surface area contributed by atoms with E-state index in [9.17, 15) is 0 Å². The minimum Gasteiger partial charge on any atom is -0.379 e. The van der Waals surface area contributed by atoms with Crippen LogP contribution in [0, 0.1) is 0 Å². The molecule has 0 atom stereocenters. The van der Waals surface area contributed by atoms with E-state index in [-0.39, 0.29) is 24.0 Å². The van der Waals surface area contributed by atoms with Gasteiger partial charge in [-0.2, -0.15) is 0 Å². The smallest absolute Gasteiger partial charge is 0.198 e. The number of para-hydroxylation sites is 1. The quantitative estimate of drug-likeness (QED) is 0.404. The van der Waals surface area contributed by atoms with Gasteiger partial charge in [-0.05, 0) is 29.2 Å². The van der Waals surface area contributed by atoms with Gasteiger partial charge in [-0.3, -0.25) is 9.89 Å². The molecule has 6 heteroatoms. The number of hydrogen-bond donors (Lipinski definition) is 1. The maximum absolute atomic E-state index is 5.42. The minimum absolute atomic E-state index is 0. The highest BCUT2D eigenvalue weighted by molar-refractivity contribution is 14.0. The van der Waals surface area contributed by atoms with E-state index in [1.165, 1.54) is 22.4 Å². The first-order valence-electron chi connectivity index (χ1n) is 9.77. The number of aliphatic imine (C=N–C) groups is 1. The number of fused-ring (bicyclic) bond motifs is 1. The number of nitrogens with one attached hydrogen (secondary N) is 1. The molecule has 0 aliphatic carbocycles. The van der Waals surface area contributed by atoms with Crippen molar-refractivity contribution in [1.82, 2.24) is 10.2 Å². The van der Waals surface area contributed by atoms with Gasteiger partial charge < -0.3 is 15.0 Å². The second-order valence-corrected chi connectivity index (χ2v) is 7.14. The number of hydrogen-bond acceptors (Lipinski definition) is 3. The summed E-state index contributed by atoms with van der Waals surface area (Å²) in [6, 6.07) is 17.5. The first kappa shape index (κ1) is 21.1. The van der Waals surface area contributed by atoms with E-state index in [2.05, 4.69) is 68.6 Å². The summed E-state index contributed by atoms with van der Waals surface area (Å²) in [5, 5.41) is 3.52. The summed E-state index contributed by atoms with van der Waals surface area (Å²) in [6.07, 6.45) is 1.08. The fourth-order valence-corrected chi connectivity index (χ4v) is 3.81. The maximum atomic E-state index is 5.42. The van der Waals surface area contributed by atoms with Gasteiger partial charge in [0.05, 0.1) is 13.2 Å². The molecule has 2 aromatic rings. The molecule has 0 aromatic heterocycles. The third-order valence-electron chi connectivity index (χ3n) is 5.34. The molecule has 0 saturated carbocycles. The summed E-state index contributed by atoms with van der Waals surface area (Å²) in [7, 11) is 1.86. The van der Waals surface area contributed by atoms with E-state index in [1.54, 1.807) is 0 Å². The van der Waals surface area contributed by atoms with Gasteiger partial charge in [0.25, 0.3) is 0 Å². The van der Waals surface area contributed by atoms with E-state index in [0.29, 0.717) is 0 Å². The predicted molar refractivity (Wildman–Crippen MR) is 126 cm³/mol. The topological polar surface area (TPSA) is 40.1 Å². The maximum Gasteiger partial charge on any atom is 0.198 e. The van der Waals surface area contributed by atoms with Crippen molar-refractivity contribution in [2.24, 2.45) is 4.99 Å². The number of anilines is 1. The number of rotatable bonds is 4. The van der Waals surface area contributed by atoms with E-state index in [0.717, 1.165) is 58.3 Å². The molecule has 1 saturated heterocycles. The Bertz CT molecular complexity index is 787. The van der Waals surface area contributed by atoms with Crippen LogP contribution in [-0.2, 0) is 24.2 Å². The second kappa shape index (κ2) is 10.2. The first-order valence-corrected chi connectivity index (χ1v) is 9.77. The average molecular weight is 492 g/mol. The number of halogens is 1. The van der Waals surface area contributed by atoms with Crippen LogP contribution in [0.3, 0.4) is 0 Å². The molecule has 0 bridgehead atoms. The van der Waals surface area contributed by atoms with Crippen LogP contribution in [0.25, 0.3) is 0 Å². The Morgan fingerprint density at radius 3 is 2.46 bits per heavy atom. The molecule has 5 nitrogen and oxygen atoms in total. The monoisotopic (exact) mass is 492 g/mol. The van der Waals surface area contributed by atoms with Crippen molar-refractivity contribution >= 4 is 35.6 Å². The molecule has 2 heterocycles. The summed E-state index contributed by atoms with van der Waals surface area (Å²) in [4.78, 5) is 9.22. The summed E-state index contributed by atoms with van der Waals surface area (Å²) < 4.78 is 5.42. The van der Waals surface area contributed by atoms with Crippen molar-refractivity contribution in [3.63, 3.8) is 0 Å². The van der Waals surface area contributed by atoms with E-state index < -0.39 is 0 Å². The average Bonchev–Trinajstić information content (AvgIpc) is 3.15. The lowest BCUT2D eigenvalue weighted by Gasteiger charge is -2.26. The molecule has 4 rings (SSSR count). The van der Waals surface area contributed by atoms with Gasteiger partial charge >= 0.3 is 0 Å². The van der Waals surface area contributed by atoms with Gasteiger partial charge in [-0.25, -0.2) is 0 Å². The molecular weight excluding hydrogens is 463 g/mol. The van der Waals surface area contributed by atoms with Crippen LogP contribution in [0.4, 0.5) is 5.69 Å². The zero-order valence-corrected chi connectivity index (χ0v) is 18.8. The van der Waals surface area contributed by atoms with Gasteiger partial charge in [-0.15, -0.1) is 24.0 Å². The van der Waals surface area contributed by atoms with Crippen LogP contribution in [0.5, 0.6) is 0 Å². The zero-order valence-electron chi connectivity index (χ0n) is 16.4. The Kier molecular flexibility index (Phi) is 7.70. The molecule has 0 unspecified atom stereocenters. The van der Waals surface area contributed by atoms with Gasteiger partial charge in [-0.1, -0.05) is 42.5 Å². The van der Waals surface area contributed by atoms with Crippen LogP contribution >= 0.6 is 24.0 Å². The van der Waals surface area contributed by atoms with Gasteiger partial charge in [0.15, 0.2) is 5.96 Å². The van der Waals surface area contributed by atoms with Crippen molar-refractivity contribution in [3.05, 3.63) is 65.2 Å². The third kappa shape index (κ3) is 5.04. The molecule has 150 valence electrons. The van der Waals surface area contributed by atoms with Gasteiger partial charge in [0, 0.05) is 45.5 Å².